The average Bonchev–Trinajstić information content (AvgIpc) is 2.08. The van der Waals surface area contributed by atoms with Crippen LogP contribution in [0.4, 0.5) is 0 Å². The maximum absolute atomic E-state index is 11.3. The van der Waals surface area contributed by atoms with Crippen molar-refractivity contribution in [1.29, 1.82) is 0 Å². The fourth-order valence-electron chi connectivity index (χ4n) is 1.16. The second kappa shape index (κ2) is 3.76. The fourth-order valence-corrected chi connectivity index (χ4v) is 1.41. The standard InChI is InChI=1S/C10H12OS/c1-3-9(11)8-6-7(2)4-5-10(8)12/h4,6H,3,5H2,1-2H3. The van der Waals surface area contributed by atoms with E-state index >= 15 is 0 Å². The number of carbonyl (C=O) groups is 1. The average molecular weight is 180 g/mol. The molecule has 0 saturated heterocycles. The molecule has 1 aliphatic rings. The molecule has 0 N–H and O–H groups in total. The van der Waals surface area contributed by atoms with E-state index in [9.17, 15) is 4.79 Å². The highest BCUT2D eigenvalue weighted by Gasteiger charge is 2.14. The van der Waals surface area contributed by atoms with Crippen LogP contribution in [0.5, 0.6) is 0 Å². The summed E-state index contributed by atoms with van der Waals surface area (Å²) in [6, 6.07) is 0. The molecule has 1 aliphatic carbocycles. The van der Waals surface area contributed by atoms with Gasteiger partial charge in [-0.1, -0.05) is 30.8 Å². The number of ketones is 1. The normalized spacial score (nSPS) is 17.0. The van der Waals surface area contributed by atoms with Crippen molar-refractivity contribution in [3.8, 4) is 0 Å². The third kappa shape index (κ3) is 1.89. The summed E-state index contributed by atoms with van der Waals surface area (Å²) in [6.45, 7) is 3.85. The summed E-state index contributed by atoms with van der Waals surface area (Å²) in [6.07, 6.45) is 5.23. The van der Waals surface area contributed by atoms with Gasteiger partial charge in [0.15, 0.2) is 5.78 Å². The van der Waals surface area contributed by atoms with Gasteiger partial charge in [-0.3, -0.25) is 4.79 Å². The smallest absolute Gasteiger partial charge is 0.163 e. The Hall–Kier alpha value is -0.760. The van der Waals surface area contributed by atoms with Crippen molar-refractivity contribution in [2.24, 2.45) is 0 Å². The minimum atomic E-state index is 0.160. The number of thiocarbonyl (C=S) groups is 1. The van der Waals surface area contributed by atoms with Gasteiger partial charge in [0.1, 0.15) is 0 Å². The molecular weight excluding hydrogens is 168 g/mol. The zero-order chi connectivity index (χ0) is 9.14. The maximum atomic E-state index is 11.3. The van der Waals surface area contributed by atoms with Gasteiger partial charge in [-0.2, -0.15) is 0 Å². The van der Waals surface area contributed by atoms with Crippen LogP contribution in [0.15, 0.2) is 23.3 Å². The number of rotatable bonds is 2. The molecule has 0 fully saturated rings. The van der Waals surface area contributed by atoms with Gasteiger partial charge < -0.3 is 0 Å². The maximum Gasteiger partial charge on any atom is 0.163 e. The first-order chi connectivity index (χ1) is 5.65. The lowest BCUT2D eigenvalue weighted by atomic mass is 9.96. The Morgan fingerprint density at radius 3 is 2.92 bits per heavy atom. The van der Waals surface area contributed by atoms with E-state index in [1.165, 1.54) is 0 Å². The molecule has 0 amide bonds. The second-order valence-corrected chi connectivity index (χ2v) is 3.40. The van der Waals surface area contributed by atoms with Crippen LogP contribution in [0.1, 0.15) is 26.7 Å². The Kier molecular flexibility index (Phi) is 2.93. The summed E-state index contributed by atoms with van der Waals surface area (Å²) in [5, 5.41) is 0. The van der Waals surface area contributed by atoms with Gasteiger partial charge in [0.2, 0.25) is 0 Å². The van der Waals surface area contributed by atoms with Crippen LogP contribution in [0, 0.1) is 0 Å². The lowest BCUT2D eigenvalue weighted by Crippen LogP contribution is -2.12. The second-order valence-electron chi connectivity index (χ2n) is 2.91. The number of hydrogen-bond donors (Lipinski definition) is 0. The van der Waals surface area contributed by atoms with E-state index in [1.807, 2.05) is 19.9 Å². The highest BCUT2D eigenvalue weighted by Crippen LogP contribution is 2.16. The third-order valence-corrected chi connectivity index (χ3v) is 2.29. The van der Waals surface area contributed by atoms with Gasteiger partial charge in [-0.15, -0.1) is 0 Å². The van der Waals surface area contributed by atoms with Crippen LogP contribution in [-0.2, 0) is 4.79 Å². The van der Waals surface area contributed by atoms with Gasteiger partial charge in [0.05, 0.1) is 0 Å². The largest absolute Gasteiger partial charge is 0.294 e. The Morgan fingerprint density at radius 1 is 1.67 bits per heavy atom. The molecule has 1 rings (SSSR count). The minimum Gasteiger partial charge on any atom is -0.294 e. The summed E-state index contributed by atoms with van der Waals surface area (Å²) in [5.41, 5.74) is 1.88. The molecular formula is C10H12OS. The molecule has 0 atom stereocenters. The quantitative estimate of drug-likeness (QED) is 0.608. The molecule has 0 unspecified atom stereocenters. The van der Waals surface area contributed by atoms with E-state index in [4.69, 9.17) is 12.2 Å². The topological polar surface area (TPSA) is 17.1 Å². The van der Waals surface area contributed by atoms with Crippen LogP contribution in [0.25, 0.3) is 0 Å². The first-order valence-corrected chi connectivity index (χ1v) is 4.50. The summed E-state index contributed by atoms with van der Waals surface area (Å²) in [7, 11) is 0. The number of carbonyl (C=O) groups excluding carboxylic acids is 1. The number of hydrogen-bond acceptors (Lipinski definition) is 2. The molecule has 12 heavy (non-hydrogen) atoms. The van der Waals surface area contributed by atoms with Crippen molar-refractivity contribution in [2.75, 3.05) is 0 Å². The van der Waals surface area contributed by atoms with E-state index in [1.54, 1.807) is 0 Å². The highest BCUT2D eigenvalue weighted by atomic mass is 32.1. The van der Waals surface area contributed by atoms with Crippen LogP contribution >= 0.6 is 12.2 Å². The lowest BCUT2D eigenvalue weighted by Gasteiger charge is -2.10. The van der Waals surface area contributed by atoms with Crippen molar-refractivity contribution in [1.82, 2.24) is 0 Å². The van der Waals surface area contributed by atoms with Crippen molar-refractivity contribution >= 4 is 22.9 Å². The Balaban J connectivity index is 2.93. The first-order valence-electron chi connectivity index (χ1n) is 4.10. The SMILES string of the molecule is CCC(=O)C1=CC(C)=CCC1=S. The predicted molar refractivity (Wildman–Crippen MR) is 54.4 cm³/mol. The van der Waals surface area contributed by atoms with E-state index < -0.39 is 0 Å². The number of allylic oxidation sites excluding steroid dienone is 4. The molecule has 0 heterocycles. The van der Waals surface area contributed by atoms with Gasteiger partial charge in [-0.25, -0.2) is 0 Å². The van der Waals surface area contributed by atoms with Gasteiger partial charge in [0, 0.05) is 23.3 Å². The summed E-state index contributed by atoms with van der Waals surface area (Å²) >= 11 is 5.09. The van der Waals surface area contributed by atoms with Gasteiger partial charge >= 0.3 is 0 Å². The summed E-state index contributed by atoms with van der Waals surface area (Å²) in [5.74, 6) is 0.160. The zero-order valence-corrected chi connectivity index (χ0v) is 8.20. The van der Waals surface area contributed by atoms with Crippen molar-refractivity contribution in [3.63, 3.8) is 0 Å². The molecule has 0 aromatic carbocycles. The molecule has 2 heteroatoms. The highest BCUT2D eigenvalue weighted by molar-refractivity contribution is 7.81. The molecule has 1 nitrogen and oxygen atoms in total. The van der Waals surface area contributed by atoms with Crippen molar-refractivity contribution < 1.29 is 4.79 Å². The zero-order valence-electron chi connectivity index (χ0n) is 7.39. The van der Waals surface area contributed by atoms with E-state index in [0.29, 0.717) is 6.42 Å². The van der Waals surface area contributed by atoms with E-state index in [0.717, 1.165) is 22.4 Å². The summed E-state index contributed by atoms with van der Waals surface area (Å²) < 4.78 is 0. The van der Waals surface area contributed by atoms with Gasteiger partial charge in [-0.05, 0) is 13.0 Å². The van der Waals surface area contributed by atoms with Gasteiger partial charge in [0.25, 0.3) is 0 Å². The Bertz CT molecular complexity index is 284. The van der Waals surface area contributed by atoms with E-state index in [-0.39, 0.29) is 5.78 Å². The fraction of sp³-hybridized carbons (Fsp3) is 0.400. The Morgan fingerprint density at radius 2 is 2.33 bits per heavy atom. The first kappa shape index (κ1) is 9.33. The minimum absolute atomic E-state index is 0.160. The number of Topliss-reactive ketones (excluding diaryl/α,β-unsaturated/α-hetero) is 1. The molecule has 0 aliphatic heterocycles. The molecule has 0 radical (unpaired) electrons. The molecule has 0 aromatic rings. The van der Waals surface area contributed by atoms with Crippen LogP contribution in [0.3, 0.4) is 0 Å². The molecule has 0 aromatic heterocycles. The lowest BCUT2D eigenvalue weighted by molar-refractivity contribution is -0.114. The molecule has 64 valence electrons. The molecule has 0 spiro atoms. The third-order valence-electron chi connectivity index (χ3n) is 1.90. The monoisotopic (exact) mass is 180 g/mol. The van der Waals surface area contributed by atoms with E-state index in [2.05, 4.69) is 6.08 Å². The Labute approximate surface area is 78.2 Å². The van der Waals surface area contributed by atoms with Crippen LogP contribution in [0.2, 0.25) is 0 Å². The molecule has 0 bridgehead atoms. The van der Waals surface area contributed by atoms with Crippen LogP contribution < -0.4 is 0 Å². The van der Waals surface area contributed by atoms with Crippen molar-refractivity contribution in [3.05, 3.63) is 23.3 Å². The predicted octanol–water partition coefficient (Wildman–Crippen LogP) is 2.61. The van der Waals surface area contributed by atoms with Crippen molar-refractivity contribution in [2.45, 2.75) is 26.7 Å². The summed E-state index contributed by atoms with van der Waals surface area (Å²) in [4.78, 5) is 12.1. The molecule has 0 saturated carbocycles. The van der Waals surface area contributed by atoms with Crippen LogP contribution in [-0.4, -0.2) is 10.6 Å².